The van der Waals surface area contributed by atoms with Gasteiger partial charge in [-0.2, -0.15) is 0 Å². The lowest BCUT2D eigenvalue weighted by molar-refractivity contribution is -0.108. The fourth-order valence-electron chi connectivity index (χ4n) is 2.28. The summed E-state index contributed by atoms with van der Waals surface area (Å²) in [5.74, 6) is 0.213. The van der Waals surface area contributed by atoms with Crippen LogP contribution in [0.3, 0.4) is 0 Å². The molecule has 3 heterocycles. The number of rotatable bonds is 5. The van der Waals surface area contributed by atoms with Gasteiger partial charge in [0.1, 0.15) is 18.5 Å². The molecule has 0 atom stereocenters. The Balaban J connectivity index is 1.97. The molecule has 1 amide bonds. The normalized spacial score (nSPS) is 11.3. The number of hydrogen-bond acceptors (Lipinski definition) is 6. The van der Waals surface area contributed by atoms with Crippen molar-refractivity contribution in [2.75, 3.05) is 7.11 Å². The first-order chi connectivity index (χ1) is 11.8. The summed E-state index contributed by atoms with van der Waals surface area (Å²) in [6, 6.07) is 7.16. The van der Waals surface area contributed by atoms with Crippen LogP contribution >= 0.6 is 0 Å². The van der Waals surface area contributed by atoms with Gasteiger partial charge < -0.3 is 10.2 Å². The largest absolute Gasteiger partial charge is 0.397 e. The second kappa shape index (κ2) is 6.69. The predicted molar refractivity (Wildman–Crippen MR) is 87.0 cm³/mol. The van der Waals surface area contributed by atoms with E-state index in [1.165, 1.54) is 13.3 Å². The lowest BCUT2D eigenvalue weighted by Gasteiger charge is -2.07. The topological polar surface area (TPSA) is 98.5 Å². The second-order valence-corrected chi connectivity index (χ2v) is 4.77. The highest BCUT2D eigenvalue weighted by atomic mass is 16.6. The smallest absolute Gasteiger partial charge is 0.212 e. The molecule has 0 saturated carbocycles. The average molecular weight is 323 g/mol. The molecule has 0 spiro atoms. The molecule has 8 nitrogen and oxygen atoms in total. The van der Waals surface area contributed by atoms with Crippen LogP contribution in [0.4, 0.5) is 0 Å². The van der Waals surface area contributed by atoms with Crippen LogP contribution in [-0.2, 0) is 9.63 Å². The van der Waals surface area contributed by atoms with Gasteiger partial charge in [-0.05, 0) is 24.3 Å². The average Bonchev–Trinajstić information content (AvgIpc) is 3.04. The number of pyridine rings is 2. The number of carbonyl (C=O) groups is 2. The minimum absolute atomic E-state index is 0.213. The van der Waals surface area contributed by atoms with Gasteiger partial charge in [-0.3, -0.25) is 19.1 Å². The van der Waals surface area contributed by atoms with Crippen molar-refractivity contribution in [3.05, 3.63) is 54.1 Å². The van der Waals surface area contributed by atoms with E-state index in [1.54, 1.807) is 18.3 Å². The summed E-state index contributed by atoms with van der Waals surface area (Å²) in [7, 11) is 1.38. The Labute approximate surface area is 136 Å². The molecule has 0 unspecified atom stereocenters. The van der Waals surface area contributed by atoms with Gasteiger partial charge in [-0.15, -0.1) is 0 Å². The molecule has 3 aromatic rings. The van der Waals surface area contributed by atoms with Gasteiger partial charge in [-0.25, -0.2) is 4.98 Å². The molecule has 120 valence electrons. The molecule has 0 aromatic carbocycles. The number of aldehydes is 1. The molecular formula is C16H13N5O3. The molecule has 0 aliphatic carbocycles. The van der Waals surface area contributed by atoms with Crippen LogP contribution in [0.2, 0.25) is 0 Å². The molecule has 0 bridgehead atoms. The summed E-state index contributed by atoms with van der Waals surface area (Å²) in [6.07, 6.45) is 6.25. The van der Waals surface area contributed by atoms with Crippen molar-refractivity contribution in [3.8, 4) is 5.69 Å². The Kier molecular flexibility index (Phi) is 4.28. The molecule has 0 saturated heterocycles. The highest BCUT2D eigenvalue weighted by Crippen LogP contribution is 2.19. The van der Waals surface area contributed by atoms with Crippen molar-refractivity contribution >= 4 is 29.6 Å². The van der Waals surface area contributed by atoms with E-state index >= 15 is 0 Å². The Morgan fingerprint density at radius 2 is 2.12 bits per heavy atom. The number of aromatic nitrogens is 3. The van der Waals surface area contributed by atoms with E-state index in [0.717, 1.165) is 17.4 Å². The zero-order valence-corrected chi connectivity index (χ0v) is 12.7. The van der Waals surface area contributed by atoms with E-state index in [-0.39, 0.29) is 5.84 Å². The molecule has 0 aliphatic rings. The SMILES string of the molecule is CO/N=C(\NC=O)c1ccc(-n2ccc3cc(C=O)cnc32)cn1. The zero-order valence-electron chi connectivity index (χ0n) is 12.7. The molecule has 0 fully saturated rings. The van der Waals surface area contributed by atoms with E-state index in [9.17, 15) is 9.59 Å². The van der Waals surface area contributed by atoms with Crippen molar-refractivity contribution in [1.82, 2.24) is 19.9 Å². The first kappa shape index (κ1) is 15.3. The monoisotopic (exact) mass is 323 g/mol. The Morgan fingerprint density at radius 3 is 2.79 bits per heavy atom. The van der Waals surface area contributed by atoms with E-state index < -0.39 is 0 Å². The lowest BCUT2D eigenvalue weighted by atomic mass is 10.2. The van der Waals surface area contributed by atoms with Crippen LogP contribution < -0.4 is 5.32 Å². The number of amidine groups is 1. The Hall–Kier alpha value is -3.55. The van der Waals surface area contributed by atoms with Crippen LogP contribution in [0.1, 0.15) is 16.1 Å². The van der Waals surface area contributed by atoms with E-state index in [1.807, 2.05) is 22.9 Å². The van der Waals surface area contributed by atoms with E-state index in [2.05, 4.69) is 25.3 Å². The van der Waals surface area contributed by atoms with Gasteiger partial charge >= 0.3 is 0 Å². The summed E-state index contributed by atoms with van der Waals surface area (Å²) in [5.41, 5.74) is 2.48. The van der Waals surface area contributed by atoms with Crippen LogP contribution in [0, 0.1) is 0 Å². The summed E-state index contributed by atoms with van der Waals surface area (Å²) >= 11 is 0. The second-order valence-electron chi connectivity index (χ2n) is 4.77. The third kappa shape index (κ3) is 2.84. The van der Waals surface area contributed by atoms with Crippen LogP contribution in [0.5, 0.6) is 0 Å². The summed E-state index contributed by atoms with van der Waals surface area (Å²) in [4.78, 5) is 34.7. The Bertz CT molecular complexity index is 915. The minimum Gasteiger partial charge on any atom is -0.397 e. The highest BCUT2D eigenvalue weighted by molar-refractivity contribution is 6.02. The molecule has 24 heavy (non-hydrogen) atoms. The van der Waals surface area contributed by atoms with Gasteiger partial charge in [0.25, 0.3) is 0 Å². The molecule has 3 aromatic heterocycles. The standard InChI is InChI=1S/C16H13N5O3/c1-24-20-15(19-10-23)14-3-2-13(8-17-14)21-5-4-12-6-11(9-22)7-18-16(12)21/h2-10H,1H3,(H,19,20,23). The summed E-state index contributed by atoms with van der Waals surface area (Å²) in [5, 5.41) is 6.99. The van der Waals surface area contributed by atoms with Gasteiger partial charge in [0.05, 0.1) is 11.9 Å². The number of fused-ring (bicyclic) bond motifs is 1. The maximum absolute atomic E-state index is 10.8. The van der Waals surface area contributed by atoms with Gasteiger partial charge in [-0.1, -0.05) is 5.16 Å². The highest BCUT2D eigenvalue weighted by Gasteiger charge is 2.09. The van der Waals surface area contributed by atoms with Crippen molar-refractivity contribution < 1.29 is 14.4 Å². The fourth-order valence-corrected chi connectivity index (χ4v) is 2.28. The molecule has 0 aliphatic heterocycles. The first-order valence-corrected chi connectivity index (χ1v) is 6.97. The molecule has 3 rings (SSSR count). The zero-order chi connectivity index (χ0) is 16.9. The van der Waals surface area contributed by atoms with Crippen LogP contribution in [-0.4, -0.2) is 40.2 Å². The summed E-state index contributed by atoms with van der Waals surface area (Å²) in [6.45, 7) is 0. The van der Waals surface area contributed by atoms with E-state index in [4.69, 9.17) is 0 Å². The maximum Gasteiger partial charge on any atom is 0.212 e. The number of nitrogens with one attached hydrogen (secondary N) is 1. The van der Waals surface area contributed by atoms with Crippen molar-refractivity contribution in [2.45, 2.75) is 0 Å². The van der Waals surface area contributed by atoms with E-state index in [0.29, 0.717) is 23.3 Å². The minimum atomic E-state index is 0.213. The first-order valence-electron chi connectivity index (χ1n) is 6.97. The van der Waals surface area contributed by atoms with Crippen molar-refractivity contribution in [1.29, 1.82) is 0 Å². The maximum atomic E-state index is 10.8. The van der Waals surface area contributed by atoms with Crippen molar-refractivity contribution in [3.63, 3.8) is 0 Å². The number of oxime groups is 1. The predicted octanol–water partition coefficient (Wildman–Crippen LogP) is 1.29. The van der Waals surface area contributed by atoms with Crippen LogP contribution in [0.25, 0.3) is 16.7 Å². The van der Waals surface area contributed by atoms with Gasteiger partial charge in [0, 0.05) is 23.3 Å². The molecule has 8 heteroatoms. The van der Waals surface area contributed by atoms with Crippen LogP contribution in [0.15, 0.2) is 48.0 Å². The third-order valence-electron chi connectivity index (χ3n) is 3.33. The summed E-state index contributed by atoms with van der Waals surface area (Å²) < 4.78 is 1.85. The fraction of sp³-hybridized carbons (Fsp3) is 0.0625. The molecule has 1 N–H and O–H groups in total. The Morgan fingerprint density at radius 1 is 1.25 bits per heavy atom. The lowest BCUT2D eigenvalue weighted by Crippen LogP contribution is -2.24. The van der Waals surface area contributed by atoms with Gasteiger partial charge in [0.2, 0.25) is 6.41 Å². The quantitative estimate of drug-likeness (QED) is 0.330. The molecule has 0 radical (unpaired) electrons. The number of nitrogens with zero attached hydrogens (tertiary/aromatic N) is 4. The molecular weight excluding hydrogens is 310 g/mol. The van der Waals surface area contributed by atoms with Gasteiger partial charge in [0.15, 0.2) is 12.1 Å². The third-order valence-corrected chi connectivity index (χ3v) is 3.33. The number of hydrogen-bond donors (Lipinski definition) is 1. The number of amides is 1. The van der Waals surface area contributed by atoms with Crippen molar-refractivity contribution in [2.24, 2.45) is 5.16 Å². The number of carbonyl (C=O) groups excluding carboxylic acids is 2.